The van der Waals surface area contributed by atoms with E-state index in [9.17, 15) is 4.79 Å². The predicted molar refractivity (Wildman–Crippen MR) is 110 cm³/mol. The molecular formula is C20H18N6OS. The summed E-state index contributed by atoms with van der Waals surface area (Å²) in [6.45, 7) is 2.72. The van der Waals surface area contributed by atoms with E-state index in [2.05, 4.69) is 25.5 Å². The molecule has 0 aliphatic carbocycles. The molecule has 0 fully saturated rings. The maximum absolute atomic E-state index is 12.2. The molecule has 28 heavy (non-hydrogen) atoms. The summed E-state index contributed by atoms with van der Waals surface area (Å²) in [5.74, 6) is 0.918. The Bertz CT molecular complexity index is 1110. The van der Waals surface area contributed by atoms with Crippen LogP contribution in [0, 0.1) is 0 Å². The number of hydrogen-bond acceptors (Lipinski definition) is 6. The Hall–Kier alpha value is -3.26. The van der Waals surface area contributed by atoms with Gasteiger partial charge in [0.25, 0.3) is 0 Å². The Kier molecular flexibility index (Phi) is 5.29. The van der Waals surface area contributed by atoms with E-state index in [1.165, 1.54) is 11.8 Å². The highest BCUT2D eigenvalue weighted by atomic mass is 32.2. The third-order valence-corrected chi connectivity index (χ3v) is 5.17. The van der Waals surface area contributed by atoms with Crippen LogP contribution in [0.1, 0.15) is 6.92 Å². The van der Waals surface area contributed by atoms with Crippen molar-refractivity contribution in [2.45, 2.75) is 18.6 Å². The molecule has 0 unspecified atom stereocenters. The summed E-state index contributed by atoms with van der Waals surface area (Å²) < 4.78 is 2.00. The molecule has 1 N–H and O–H groups in total. The number of anilines is 1. The number of fused-ring (bicyclic) bond motifs is 1. The van der Waals surface area contributed by atoms with Crippen LogP contribution in [0.15, 0.2) is 66.2 Å². The van der Waals surface area contributed by atoms with Crippen LogP contribution in [0.25, 0.3) is 22.3 Å². The summed E-state index contributed by atoms with van der Waals surface area (Å²) in [6.07, 6.45) is 5.26. The number of rotatable bonds is 6. The van der Waals surface area contributed by atoms with Crippen molar-refractivity contribution in [1.82, 2.24) is 24.7 Å². The van der Waals surface area contributed by atoms with E-state index in [0.29, 0.717) is 11.7 Å². The molecule has 3 heterocycles. The molecule has 0 saturated carbocycles. The first-order valence-electron chi connectivity index (χ1n) is 8.86. The lowest BCUT2D eigenvalue weighted by atomic mass is 10.1. The molecular weight excluding hydrogens is 372 g/mol. The summed E-state index contributed by atoms with van der Waals surface area (Å²) in [4.78, 5) is 20.8. The van der Waals surface area contributed by atoms with Crippen LogP contribution < -0.4 is 5.32 Å². The van der Waals surface area contributed by atoms with Crippen molar-refractivity contribution >= 4 is 34.3 Å². The van der Waals surface area contributed by atoms with Crippen molar-refractivity contribution in [3.8, 4) is 11.4 Å². The van der Waals surface area contributed by atoms with Gasteiger partial charge in [-0.3, -0.25) is 14.8 Å². The number of aromatic nitrogens is 5. The smallest absolute Gasteiger partial charge is 0.234 e. The van der Waals surface area contributed by atoms with Gasteiger partial charge in [-0.25, -0.2) is 0 Å². The zero-order valence-electron chi connectivity index (χ0n) is 15.2. The minimum Gasteiger partial charge on any atom is -0.325 e. The molecule has 0 aliphatic rings. The van der Waals surface area contributed by atoms with Gasteiger partial charge in [-0.2, -0.15) is 0 Å². The van der Waals surface area contributed by atoms with Crippen molar-refractivity contribution < 1.29 is 4.79 Å². The molecule has 7 nitrogen and oxygen atoms in total. The average Bonchev–Trinajstić information content (AvgIpc) is 3.15. The Morgan fingerprint density at radius 3 is 2.79 bits per heavy atom. The van der Waals surface area contributed by atoms with Gasteiger partial charge in [-0.15, -0.1) is 10.2 Å². The lowest BCUT2D eigenvalue weighted by Gasteiger charge is -2.09. The Balaban J connectivity index is 1.55. The zero-order valence-corrected chi connectivity index (χ0v) is 16.1. The van der Waals surface area contributed by atoms with Crippen LogP contribution in [0.4, 0.5) is 5.69 Å². The van der Waals surface area contributed by atoms with Crippen LogP contribution in [0.2, 0.25) is 0 Å². The van der Waals surface area contributed by atoms with Gasteiger partial charge >= 0.3 is 0 Å². The SMILES string of the molecule is CCn1c(SCC(=O)Nc2ccccc2)nnc1-c1ccnc2ccncc12. The fraction of sp³-hybridized carbons (Fsp3) is 0.150. The Morgan fingerprint density at radius 2 is 1.96 bits per heavy atom. The molecule has 1 amide bonds. The minimum atomic E-state index is -0.0815. The van der Waals surface area contributed by atoms with Gasteiger partial charge in [0, 0.05) is 41.8 Å². The molecule has 0 bridgehead atoms. The van der Waals surface area contributed by atoms with Crippen molar-refractivity contribution in [1.29, 1.82) is 0 Å². The second kappa shape index (κ2) is 8.18. The van der Waals surface area contributed by atoms with E-state index in [1.54, 1.807) is 18.6 Å². The number of carbonyl (C=O) groups excluding carboxylic acids is 1. The van der Waals surface area contributed by atoms with Gasteiger partial charge in [0.1, 0.15) is 0 Å². The highest BCUT2D eigenvalue weighted by Gasteiger charge is 2.16. The maximum atomic E-state index is 12.2. The highest BCUT2D eigenvalue weighted by molar-refractivity contribution is 7.99. The summed E-state index contributed by atoms with van der Waals surface area (Å²) in [5, 5.41) is 13.2. The average molecular weight is 390 g/mol. The van der Waals surface area contributed by atoms with Gasteiger partial charge in [0.2, 0.25) is 5.91 Å². The van der Waals surface area contributed by atoms with Gasteiger partial charge in [-0.1, -0.05) is 30.0 Å². The number of benzene rings is 1. The van der Waals surface area contributed by atoms with Crippen molar-refractivity contribution in [3.05, 3.63) is 61.1 Å². The van der Waals surface area contributed by atoms with E-state index in [1.807, 2.05) is 54.0 Å². The van der Waals surface area contributed by atoms with Crippen molar-refractivity contribution in [3.63, 3.8) is 0 Å². The van der Waals surface area contributed by atoms with E-state index < -0.39 is 0 Å². The first-order chi connectivity index (χ1) is 13.8. The number of carbonyl (C=O) groups is 1. The monoisotopic (exact) mass is 390 g/mol. The quantitative estimate of drug-likeness (QED) is 0.506. The van der Waals surface area contributed by atoms with Crippen LogP contribution >= 0.6 is 11.8 Å². The number of nitrogens with one attached hydrogen (secondary N) is 1. The largest absolute Gasteiger partial charge is 0.325 e. The van der Waals surface area contributed by atoms with Gasteiger partial charge in [0.15, 0.2) is 11.0 Å². The van der Waals surface area contributed by atoms with E-state index in [0.717, 1.165) is 28.0 Å². The summed E-state index contributed by atoms with van der Waals surface area (Å²) in [5.41, 5.74) is 2.56. The van der Waals surface area contributed by atoms with Crippen LogP contribution in [0.5, 0.6) is 0 Å². The van der Waals surface area contributed by atoms with E-state index in [4.69, 9.17) is 0 Å². The number of nitrogens with zero attached hydrogens (tertiary/aromatic N) is 5. The summed E-state index contributed by atoms with van der Waals surface area (Å²) in [7, 11) is 0. The standard InChI is InChI=1S/C20H18N6OS/c1-2-26-19(15-8-11-22-17-9-10-21-12-16(15)17)24-25-20(26)28-13-18(27)23-14-6-4-3-5-7-14/h3-12H,2,13H2,1H3,(H,23,27). The second-order valence-electron chi connectivity index (χ2n) is 6.00. The molecule has 140 valence electrons. The van der Waals surface area contributed by atoms with E-state index >= 15 is 0 Å². The van der Waals surface area contributed by atoms with Gasteiger partial charge in [-0.05, 0) is 31.2 Å². The van der Waals surface area contributed by atoms with Crippen LogP contribution in [0.3, 0.4) is 0 Å². The van der Waals surface area contributed by atoms with Crippen LogP contribution in [-0.4, -0.2) is 36.4 Å². The second-order valence-corrected chi connectivity index (χ2v) is 6.95. The topological polar surface area (TPSA) is 85.6 Å². The first kappa shape index (κ1) is 18.1. The van der Waals surface area contributed by atoms with Crippen molar-refractivity contribution in [2.24, 2.45) is 0 Å². The summed E-state index contributed by atoms with van der Waals surface area (Å²) in [6, 6.07) is 13.2. The number of hydrogen-bond donors (Lipinski definition) is 1. The van der Waals surface area contributed by atoms with E-state index in [-0.39, 0.29) is 11.7 Å². The lowest BCUT2D eigenvalue weighted by molar-refractivity contribution is -0.113. The zero-order chi connectivity index (χ0) is 19.3. The fourth-order valence-corrected chi connectivity index (χ4v) is 3.71. The molecule has 4 aromatic rings. The predicted octanol–water partition coefficient (Wildman–Crippen LogP) is 3.64. The Morgan fingerprint density at radius 1 is 1.11 bits per heavy atom. The third kappa shape index (κ3) is 3.72. The molecule has 3 aromatic heterocycles. The maximum Gasteiger partial charge on any atom is 0.234 e. The number of para-hydroxylation sites is 1. The van der Waals surface area contributed by atoms with Gasteiger partial charge < -0.3 is 9.88 Å². The molecule has 0 aliphatic heterocycles. The first-order valence-corrected chi connectivity index (χ1v) is 9.85. The highest BCUT2D eigenvalue weighted by Crippen LogP contribution is 2.28. The van der Waals surface area contributed by atoms with Crippen LogP contribution in [-0.2, 0) is 11.3 Å². The number of thioether (sulfide) groups is 1. The lowest BCUT2D eigenvalue weighted by Crippen LogP contribution is -2.14. The van der Waals surface area contributed by atoms with Gasteiger partial charge in [0.05, 0.1) is 11.3 Å². The number of pyridine rings is 2. The Labute approximate surface area is 166 Å². The molecule has 0 radical (unpaired) electrons. The normalized spacial score (nSPS) is 10.9. The number of amides is 1. The fourth-order valence-electron chi connectivity index (χ4n) is 2.91. The molecule has 0 spiro atoms. The third-order valence-electron chi connectivity index (χ3n) is 4.21. The molecule has 0 atom stereocenters. The molecule has 8 heteroatoms. The molecule has 0 saturated heterocycles. The minimum absolute atomic E-state index is 0.0815. The summed E-state index contributed by atoms with van der Waals surface area (Å²) >= 11 is 1.37. The van der Waals surface area contributed by atoms with Crippen molar-refractivity contribution in [2.75, 3.05) is 11.1 Å². The molecule has 4 rings (SSSR count). The molecule has 1 aromatic carbocycles.